The summed E-state index contributed by atoms with van der Waals surface area (Å²) >= 11 is 10.9. The van der Waals surface area contributed by atoms with Crippen molar-refractivity contribution in [1.82, 2.24) is 4.72 Å². The predicted octanol–water partition coefficient (Wildman–Crippen LogP) is 3.08. The van der Waals surface area contributed by atoms with Crippen molar-refractivity contribution >= 4 is 38.8 Å². The first-order valence-electron chi connectivity index (χ1n) is 6.75. The highest BCUT2D eigenvalue weighted by molar-refractivity contribution is 7.89. The molecule has 0 bridgehead atoms. The molecule has 118 valence electrons. The van der Waals surface area contributed by atoms with Crippen LogP contribution in [0.2, 0.25) is 5.02 Å². The molecule has 1 aromatic rings. The maximum atomic E-state index is 12.3. The van der Waals surface area contributed by atoms with Crippen LogP contribution in [0.5, 0.6) is 0 Å². The molecule has 0 aromatic heterocycles. The first-order valence-corrected chi connectivity index (χ1v) is 9.02. The van der Waals surface area contributed by atoms with Gasteiger partial charge >= 0.3 is 0 Å². The van der Waals surface area contributed by atoms with Crippen LogP contribution in [0.25, 0.3) is 0 Å². The zero-order chi connectivity index (χ0) is 16.2. The first-order chi connectivity index (χ1) is 9.63. The molecule has 0 aliphatic rings. The van der Waals surface area contributed by atoms with E-state index < -0.39 is 10.0 Å². The second-order valence-corrected chi connectivity index (χ2v) is 8.06. The van der Waals surface area contributed by atoms with Gasteiger partial charge in [-0.15, -0.1) is 0 Å². The van der Waals surface area contributed by atoms with Gasteiger partial charge in [-0.2, -0.15) is 0 Å². The lowest BCUT2D eigenvalue weighted by Gasteiger charge is -2.16. The lowest BCUT2D eigenvalue weighted by atomic mass is 10.1. The minimum Gasteiger partial charge on any atom is -0.389 e. The van der Waals surface area contributed by atoms with Gasteiger partial charge in [-0.25, -0.2) is 13.1 Å². The van der Waals surface area contributed by atoms with Crippen molar-refractivity contribution in [2.45, 2.75) is 44.6 Å². The summed E-state index contributed by atoms with van der Waals surface area (Å²) in [6.07, 6.45) is 1.75. The summed E-state index contributed by atoms with van der Waals surface area (Å²) in [6, 6.07) is 4.22. The molecular formula is C14H21ClN2O2S2. The third-order valence-electron chi connectivity index (χ3n) is 3.05. The Morgan fingerprint density at radius 3 is 2.43 bits per heavy atom. The number of hydrogen-bond acceptors (Lipinski definition) is 3. The lowest BCUT2D eigenvalue weighted by molar-refractivity contribution is 0.485. The summed E-state index contributed by atoms with van der Waals surface area (Å²) in [5.74, 6) is 0.538. The number of benzene rings is 1. The average Bonchev–Trinajstić information content (AvgIpc) is 2.35. The molecule has 0 aliphatic carbocycles. The van der Waals surface area contributed by atoms with Crippen LogP contribution in [0.3, 0.4) is 0 Å². The van der Waals surface area contributed by atoms with Crippen LogP contribution < -0.4 is 10.5 Å². The Morgan fingerprint density at radius 1 is 1.33 bits per heavy atom. The van der Waals surface area contributed by atoms with Crippen LogP contribution in [0, 0.1) is 5.92 Å². The van der Waals surface area contributed by atoms with Crippen molar-refractivity contribution in [3.8, 4) is 0 Å². The monoisotopic (exact) mass is 348 g/mol. The number of nitrogens with one attached hydrogen (secondary N) is 1. The third-order valence-corrected chi connectivity index (χ3v) is 5.17. The molecular weight excluding hydrogens is 328 g/mol. The fourth-order valence-corrected chi connectivity index (χ4v) is 3.72. The van der Waals surface area contributed by atoms with Crippen molar-refractivity contribution in [1.29, 1.82) is 0 Å². The van der Waals surface area contributed by atoms with E-state index in [0.717, 1.165) is 12.8 Å². The second kappa shape index (κ2) is 7.54. The third kappa shape index (κ3) is 5.54. The van der Waals surface area contributed by atoms with Crippen molar-refractivity contribution in [2.75, 3.05) is 0 Å². The number of halogens is 1. The number of thiocarbonyl (C=S) groups is 1. The molecule has 21 heavy (non-hydrogen) atoms. The maximum absolute atomic E-state index is 12.3. The Morgan fingerprint density at radius 2 is 1.95 bits per heavy atom. The van der Waals surface area contributed by atoms with Gasteiger partial charge in [-0.05, 0) is 43.9 Å². The van der Waals surface area contributed by atoms with Crippen LogP contribution in [0.15, 0.2) is 23.1 Å². The zero-order valence-electron chi connectivity index (χ0n) is 12.4. The van der Waals surface area contributed by atoms with Gasteiger partial charge in [0, 0.05) is 11.6 Å². The number of nitrogens with two attached hydrogens (primary N) is 1. The Bertz CT molecular complexity index is 615. The molecule has 1 aromatic carbocycles. The van der Waals surface area contributed by atoms with Gasteiger partial charge in [0.05, 0.1) is 9.92 Å². The fourth-order valence-electron chi connectivity index (χ4n) is 1.84. The number of sulfonamides is 1. The molecule has 0 spiro atoms. The quantitative estimate of drug-likeness (QED) is 0.743. The molecule has 0 fully saturated rings. The van der Waals surface area contributed by atoms with E-state index in [2.05, 4.69) is 18.6 Å². The Balaban J connectivity index is 2.88. The topological polar surface area (TPSA) is 72.2 Å². The van der Waals surface area contributed by atoms with Gasteiger partial charge in [0.15, 0.2) is 0 Å². The van der Waals surface area contributed by atoms with E-state index in [4.69, 9.17) is 29.6 Å². The van der Waals surface area contributed by atoms with Crippen LogP contribution in [0.1, 0.15) is 39.2 Å². The molecule has 0 amide bonds. The standard InChI is InChI=1S/C14H21ClN2O2S2/c1-9(2)4-5-10(3)17-21(18,19)11-6-7-12(14(16)20)13(15)8-11/h6-10,17H,4-5H2,1-3H3,(H2,16,20). The molecule has 0 saturated heterocycles. The Kier molecular flexibility index (Phi) is 6.59. The number of hydrogen-bond donors (Lipinski definition) is 2. The van der Waals surface area contributed by atoms with E-state index in [0.29, 0.717) is 11.5 Å². The highest BCUT2D eigenvalue weighted by atomic mass is 35.5. The highest BCUT2D eigenvalue weighted by Gasteiger charge is 2.19. The van der Waals surface area contributed by atoms with E-state index in [1.54, 1.807) is 0 Å². The lowest BCUT2D eigenvalue weighted by Crippen LogP contribution is -2.32. The van der Waals surface area contributed by atoms with Crippen LogP contribution >= 0.6 is 23.8 Å². The number of rotatable bonds is 7. The molecule has 1 unspecified atom stereocenters. The van der Waals surface area contributed by atoms with E-state index >= 15 is 0 Å². The second-order valence-electron chi connectivity index (χ2n) is 5.50. The largest absolute Gasteiger partial charge is 0.389 e. The highest BCUT2D eigenvalue weighted by Crippen LogP contribution is 2.21. The van der Waals surface area contributed by atoms with Gasteiger partial charge in [-0.3, -0.25) is 0 Å². The fraction of sp³-hybridized carbons (Fsp3) is 0.500. The first kappa shape index (κ1) is 18.4. The van der Waals surface area contributed by atoms with Crippen molar-refractivity contribution in [3.05, 3.63) is 28.8 Å². The van der Waals surface area contributed by atoms with Crippen LogP contribution in [-0.2, 0) is 10.0 Å². The predicted molar refractivity (Wildman–Crippen MR) is 91.2 cm³/mol. The normalized spacial score (nSPS) is 13.4. The minimum atomic E-state index is -3.59. The molecule has 0 heterocycles. The van der Waals surface area contributed by atoms with Crippen molar-refractivity contribution in [3.63, 3.8) is 0 Å². The summed E-state index contributed by atoms with van der Waals surface area (Å²) in [5.41, 5.74) is 5.98. The summed E-state index contributed by atoms with van der Waals surface area (Å²) in [4.78, 5) is 0.256. The van der Waals surface area contributed by atoms with E-state index in [9.17, 15) is 8.42 Å². The molecule has 7 heteroatoms. The zero-order valence-corrected chi connectivity index (χ0v) is 14.8. The smallest absolute Gasteiger partial charge is 0.240 e. The Hall–Kier alpha value is -0.690. The maximum Gasteiger partial charge on any atom is 0.240 e. The average molecular weight is 349 g/mol. The van der Waals surface area contributed by atoms with E-state index in [1.165, 1.54) is 18.2 Å². The van der Waals surface area contributed by atoms with E-state index in [1.807, 2.05) is 6.92 Å². The van der Waals surface area contributed by atoms with E-state index in [-0.39, 0.29) is 20.9 Å². The molecule has 1 rings (SSSR count). The molecule has 0 aliphatic heterocycles. The van der Waals surface area contributed by atoms with Gasteiger partial charge in [0.2, 0.25) is 10.0 Å². The van der Waals surface area contributed by atoms with Gasteiger partial charge in [0.25, 0.3) is 0 Å². The molecule has 1 atom stereocenters. The van der Waals surface area contributed by atoms with Crippen molar-refractivity contribution in [2.24, 2.45) is 11.7 Å². The summed E-state index contributed by atoms with van der Waals surface area (Å²) in [6.45, 7) is 6.07. The molecule has 0 radical (unpaired) electrons. The summed E-state index contributed by atoms with van der Waals surface area (Å²) in [7, 11) is -3.59. The van der Waals surface area contributed by atoms with Crippen LogP contribution in [-0.4, -0.2) is 19.4 Å². The van der Waals surface area contributed by atoms with Gasteiger partial charge in [0.1, 0.15) is 4.99 Å². The van der Waals surface area contributed by atoms with Gasteiger partial charge < -0.3 is 5.73 Å². The summed E-state index contributed by atoms with van der Waals surface area (Å²) < 4.78 is 27.2. The van der Waals surface area contributed by atoms with Gasteiger partial charge in [-0.1, -0.05) is 37.7 Å². The Labute approximate surface area is 137 Å². The summed E-state index contributed by atoms with van der Waals surface area (Å²) in [5, 5.41) is 0.236. The molecule has 0 saturated carbocycles. The molecule has 4 nitrogen and oxygen atoms in total. The van der Waals surface area contributed by atoms with Crippen molar-refractivity contribution < 1.29 is 8.42 Å². The van der Waals surface area contributed by atoms with Crippen LogP contribution in [0.4, 0.5) is 0 Å². The molecule has 3 N–H and O–H groups in total. The SMILES string of the molecule is CC(C)CCC(C)NS(=O)(=O)c1ccc(C(N)=S)c(Cl)c1. The minimum absolute atomic E-state index is 0.115.